The van der Waals surface area contributed by atoms with Gasteiger partial charge in [0.15, 0.2) is 0 Å². The van der Waals surface area contributed by atoms with E-state index in [9.17, 15) is 0 Å². The summed E-state index contributed by atoms with van der Waals surface area (Å²) in [6, 6.07) is 7.73. The Morgan fingerprint density at radius 3 is 2.45 bits per heavy atom. The second kappa shape index (κ2) is 4.37. The molecule has 0 atom stereocenters. The molecule has 1 nitrogen and oxygen atoms in total. The Balaban J connectivity index is 2.52. The third-order valence-electron chi connectivity index (χ3n) is 1.42. The van der Waals surface area contributed by atoms with Crippen molar-refractivity contribution in [2.75, 3.05) is 6.54 Å². The fraction of sp³-hybridized carbons (Fsp3) is 0.222. The molecular formula is C9H11ClN. The monoisotopic (exact) mass is 168 g/mol. The van der Waals surface area contributed by atoms with Crippen molar-refractivity contribution in [2.24, 2.45) is 5.73 Å². The van der Waals surface area contributed by atoms with Crippen LogP contribution in [0.15, 0.2) is 24.3 Å². The van der Waals surface area contributed by atoms with Crippen molar-refractivity contribution in [3.8, 4) is 0 Å². The lowest BCUT2D eigenvalue weighted by Crippen LogP contribution is -1.98. The minimum absolute atomic E-state index is 0.697. The van der Waals surface area contributed by atoms with Gasteiger partial charge in [-0.25, -0.2) is 0 Å². The summed E-state index contributed by atoms with van der Waals surface area (Å²) in [6.07, 6.45) is 3.01. The highest BCUT2D eigenvalue weighted by Gasteiger charge is 1.91. The largest absolute Gasteiger partial charge is 0.330 e. The minimum Gasteiger partial charge on any atom is -0.330 e. The van der Waals surface area contributed by atoms with E-state index in [4.69, 9.17) is 17.3 Å². The molecule has 0 fully saturated rings. The highest BCUT2D eigenvalue weighted by molar-refractivity contribution is 6.30. The first-order valence-electron chi connectivity index (χ1n) is 3.62. The summed E-state index contributed by atoms with van der Waals surface area (Å²) in [5.41, 5.74) is 6.53. The molecule has 0 amide bonds. The molecule has 0 saturated carbocycles. The van der Waals surface area contributed by atoms with E-state index in [0.29, 0.717) is 6.54 Å². The molecule has 1 aromatic rings. The summed E-state index contributed by atoms with van der Waals surface area (Å²) < 4.78 is 0. The van der Waals surface area contributed by atoms with E-state index in [2.05, 4.69) is 6.42 Å². The second-order valence-corrected chi connectivity index (χ2v) is 2.77. The summed E-state index contributed by atoms with van der Waals surface area (Å²) in [7, 11) is 0. The first kappa shape index (κ1) is 8.57. The maximum Gasteiger partial charge on any atom is 0.0406 e. The molecule has 59 valence electrons. The third kappa shape index (κ3) is 2.91. The van der Waals surface area contributed by atoms with Crippen molar-refractivity contribution in [3.05, 3.63) is 41.3 Å². The van der Waals surface area contributed by atoms with Crippen molar-refractivity contribution in [1.82, 2.24) is 0 Å². The zero-order valence-corrected chi connectivity index (χ0v) is 7.01. The van der Waals surface area contributed by atoms with Gasteiger partial charge < -0.3 is 5.73 Å². The molecule has 2 heteroatoms. The quantitative estimate of drug-likeness (QED) is 0.736. The molecule has 0 aromatic heterocycles. The molecule has 0 unspecified atom stereocenters. The SMILES string of the molecule is NCC[CH]c1ccc(Cl)cc1. The lowest BCUT2D eigenvalue weighted by atomic mass is 10.1. The van der Waals surface area contributed by atoms with Gasteiger partial charge in [-0.15, -0.1) is 0 Å². The van der Waals surface area contributed by atoms with E-state index in [1.54, 1.807) is 0 Å². The van der Waals surface area contributed by atoms with Crippen molar-refractivity contribution in [2.45, 2.75) is 6.42 Å². The van der Waals surface area contributed by atoms with Crippen LogP contribution in [0, 0.1) is 6.42 Å². The van der Waals surface area contributed by atoms with Crippen LogP contribution >= 0.6 is 11.6 Å². The van der Waals surface area contributed by atoms with Gasteiger partial charge in [0.25, 0.3) is 0 Å². The van der Waals surface area contributed by atoms with Gasteiger partial charge in [0.2, 0.25) is 0 Å². The van der Waals surface area contributed by atoms with Crippen molar-refractivity contribution < 1.29 is 0 Å². The number of hydrogen-bond acceptors (Lipinski definition) is 1. The highest BCUT2D eigenvalue weighted by atomic mass is 35.5. The molecule has 0 bridgehead atoms. The second-order valence-electron chi connectivity index (χ2n) is 2.33. The van der Waals surface area contributed by atoms with Crippen LogP contribution in [-0.4, -0.2) is 6.54 Å². The summed E-state index contributed by atoms with van der Waals surface area (Å²) in [4.78, 5) is 0. The molecule has 0 spiro atoms. The van der Waals surface area contributed by atoms with E-state index in [1.807, 2.05) is 24.3 Å². The van der Waals surface area contributed by atoms with E-state index in [1.165, 1.54) is 5.56 Å². The Morgan fingerprint density at radius 1 is 1.27 bits per heavy atom. The van der Waals surface area contributed by atoms with Crippen LogP contribution in [0.25, 0.3) is 0 Å². The van der Waals surface area contributed by atoms with Crippen molar-refractivity contribution in [3.63, 3.8) is 0 Å². The van der Waals surface area contributed by atoms with E-state index in [-0.39, 0.29) is 0 Å². The smallest absolute Gasteiger partial charge is 0.0406 e. The predicted molar refractivity (Wildman–Crippen MR) is 48.5 cm³/mol. The third-order valence-corrected chi connectivity index (χ3v) is 1.67. The molecule has 0 aliphatic carbocycles. The van der Waals surface area contributed by atoms with Gasteiger partial charge in [-0.1, -0.05) is 23.7 Å². The van der Waals surface area contributed by atoms with Crippen LogP contribution in [0.1, 0.15) is 12.0 Å². The summed E-state index contributed by atoms with van der Waals surface area (Å²) in [6.45, 7) is 0.697. The maximum absolute atomic E-state index is 5.71. The van der Waals surface area contributed by atoms with Gasteiger partial charge in [0.05, 0.1) is 0 Å². The Kier molecular flexibility index (Phi) is 3.40. The van der Waals surface area contributed by atoms with Crippen LogP contribution < -0.4 is 5.73 Å². The van der Waals surface area contributed by atoms with Crippen LogP contribution in [0.3, 0.4) is 0 Å². The van der Waals surface area contributed by atoms with E-state index in [0.717, 1.165) is 11.4 Å². The summed E-state index contributed by atoms with van der Waals surface area (Å²) in [5.74, 6) is 0. The fourth-order valence-corrected chi connectivity index (χ4v) is 0.975. The van der Waals surface area contributed by atoms with Crippen LogP contribution in [-0.2, 0) is 0 Å². The predicted octanol–water partition coefficient (Wildman–Crippen LogP) is 2.24. The van der Waals surface area contributed by atoms with Crippen molar-refractivity contribution >= 4 is 11.6 Å². The molecule has 0 heterocycles. The molecule has 0 aliphatic rings. The van der Waals surface area contributed by atoms with Crippen LogP contribution in [0.5, 0.6) is 0 Å². The van der Waals surface area contributed by atoms with Gasteiger partial charge in [-0.2, -0.15) is 0 Å². The summed E-state index contributed by atoms with van der Waals surface area (Å²) >= 11 is 5.71. The molecule has 0 aliphatic heterocycles. The Bertz CT molecular complexity index is 205. The first-order chi connectivity index (χ1) is 5.33. The molecule has 1 radical (unpaired) electrons. The summed E-state index contributed by atoms with van der Waals surface area (Å²) in [5, 5.41) is 0.773. The number of rotatable bonds is 3. The Hall–Kier alpha value is -0.530. The normalized spacial score (nSPS) is 10.0. The molecule has 2 N–H and O–H groups in total. The van der Waals surface area contributed by atoms with E-state index >= 15 is 0 Å². The maximum atomic E-state index is 5.71. The van der Waals surface area contributed by atoms with E-state index < -0.39 is 0 Å². The lowest BCUT2D eigenvalue weighted by molar-refractivity contribution is 0.960. The molecule has 0 saturated heterocycles. The van der Waals surface area contributed by atoms with Gasteiger partial charge in [0.1, 0.15) is 0 Å². The van der Waals surface area contributed by atoms with Crippen LogP contribution in [0.2, 0.25) is 5.02 Å². The average Bonchev–Trinajstić information content (AvgIpc) is 2.04. The number of nitrogens with two attached hydrogens (primary N) is 1. The minimum atomic E-state index is 0.697. The number of hydrogen-bond donors (Lipinski definition) is 1. The number of benzene rings is 1. The van der Waals surface area contributed by atoms with Crippen molar-refractivity contribution in [1.29, 1.82) is 0 Å². The molecule has 1 rings (SSSR count). The van der Waals surface area contributed by atoms with Crippen LogP contribution in [0.4, 0.5) is 0 Å². The van der Waals surface area contributed by atoms with Gasteiger partial charge in [-0.3, -0.25) is 0 Å². The Morgan fingerprint density at radius 2 is 1.91 bits per heavy atom. The molecule has 1 aromatic carbocycles. The topological polar surface area (TPSA) is 26.0 Å². The molecule has 11 heavy (non-hydrogen) atoms. The fourth-order valence-electron chi connectivity index (χ4n) is 0.849. The lowest BCUT2D eigenvalue weighted by Gasteiger charge is -1.97. The zero-order chi connectivity index (χ0) is 8.10. The van der Waals surface area contributed by atoms with Gasteiger partial charge >= 0.3 is 0 Å². The Labute approximate surface area is 72.2 Å². The van der Waals surface area contributed by atoms with Gasteiger partial charge in [0, 0.05) is 5.02 Å². The van der Waals surface area contributed by atoms with Gasteiger partial charge in [-0.05, 0) is 37.1 Å². The highest BCUT2D eigenvalue weighted by Crippen LogP contribution is 2.11. The molecular weight excluding hydrogens is 158 g/mol. The standard InChI is InChI=1S/C9H11ClN/c10-9-5-3-8(4-6-9)2-1-7-11/h2-6H,1,7,11H2. The zero-order valence-electron chi connectivity index (χ0n) is 6.26. The number of halogens is 1. The average molecular weight is 169 g/mol. The first-order valence-corrected chi connectivity index (χ1v) is 3.99.